The van der Waals surface area contributed by atoms with Gasteiger partial charge in [-0.2, -0.15) is 0 Å². The zero-order valence-corrected chi connectivity index (χ0v) is 13.3. The van der Waals surface area contributed by atoms with Gasteiger partial charge in [0.1, 0.15) is 4.88 Å². The molecule has 0 spiro atoms. The summed E-state index contributed by atoms with van der Waals surface area (Å²) in [5.74, 6) is -0.191. The maximum Gasteiger partial charge on any atom is 0.263 e. The number of benzene rings is 1. The molecular formula is C15H17ClN2O2S. The van der Waals surface area contributed by atoms with Gasteiger partial charge in [0.25, 0.3) is 5.91 Å². The van der Waals surface area contributed by atoms with Crippen LogP contribution >= 0.6 is 22.9 Å². The third-order valence-electron chi connectivity index (χ3n) is 2.78. The highest BCUT2D eigenvalue weighted by Gasteiger charge is 2.16. The Kier molecular flexibility index (Phi) is 5.22. The van der Waals surface area contributed by atoms with Crippen LogP contribution < -0.4 is 11.1 Å². The minimum atomic E-state index is -0.191. The second kappa shape index (κ2) is 6.93. The lowest BCUT2D eigenvalue weighted by Crippen LogP contribution is -2.27. The molecule has 4 nitrogen and oxygen atoms in total. The maximum atomic E-state index is 12.1. The van der Waals surface area contributed by atoms with E-state index in [-0.39, 0.29) is 5.91 Å². The van der Waals surface area contributed by atoms with Gasteiger partial charge in [-0.25, -0.2) is 0 Å². The van der Waals surface area contributed by atoms with Crippen molar-refractivity contribution in [2.45, 2.75) is 6.92 Å². The molecule has 1 aromatic heterocycles. The number of carbonyl (C=O) groups is 1. The van der Waals surface area contributed by atoms with Crippen molar-refractivity contribution in [1.82, 2.24) is 5.32 Å². The molecule has 0 bridgehead atoms. The van der Waals surface area contributed by atoms with E-state index in [1.807, 2.05) is 19.1 Å². The molecule has 0 unspecified atom stereocenters. The van der Waals surface area contributed by atoms with Crippen LogP contribution in [-0.4, -0.2) is 25.7 Å². The van der Waals surface area contributed by atoms with Gasteiger partial charge in [0.05, 0.1) is 18.9 Å². The highest BCUT2D eigenvalue weighted by molar-refractivity contribution is 7.21. The number of fused-ring (bicyclic) bond motifs is 1. The molecule has 0 radical (unpaired) electrons. The van der Waals surface area contributed by atoms with Crippen molar-refractivity contribution in [1.29, 1.82) is 0 Å². The van der Waals surface area contributed by atoms with Crippen molar-refractivity contribution < 1.29 is 9.53 Å². The van der Waals surface area contributed by atoms with Gasteiger partial charge < -0.3 is 15.8 Å². The van der Waals surface area contributed by atoms with Gasteiger partial charge in [0.2, 0.25) is 0 Å². The lowest BCUT2D eigenvalue weighted by molar-refractivity contribution is 0.0931. The van der Waals surface area contributed by atoms with Crippen molar-refractivity contribution in [3.8, 4) is 0 Å². The molecule has 112 valence electrons. The lowest BCUT2D eigenvalue weighted by Gasteiger charge is -2.05. The van der Waals surface area contributed by atoms with E-state index in [1.165, 1.54) is 11.3 Å². The van der Waals surface area contributed by atoms with E-state index in [0.29, 0.717) is 35.3 Å². The van der Waals surface area contributed by atoms with E-state index in [2.05, 4.69) is 11.9 Å². The summed E-state index contributed by atoms with van der Waals surface area (Å²) in [6.07, 6.45) is 0. The van der Waals surface area contributed by atoms with Crippen LogP contribution in [0.15, 0.2) is 30.4 Å². The largest absolute Gasteiger partial charge is 0.397 e. The van der Waals surface area contributed by atoms with Crippen LogP contribution in [0.5, 0.6) is 0 Å². The molecule has 0 aliphatic rings. The van der Waals surface area contributed by atoms with Crippen LogP contribution in [0.1, 0.15) is 16.6 Å². The van der Waals surface area contributed by atoms with E-state index in [0.717, 1.165) is 15.7 Å². The number of nitrogens with two attached hydrogens (primary N) is 1. The second-order valence-corrected chi connectivity index (χ2v) is 6.24. The van der Waals surface area contributed by atoms with Gasteiger partial charge in [-0.3, -0.25) is 4.79 Å². The predicted octanol–water partition coefficient (Wildman–Crippen LogP) is 3.46. The van der Waals surface area contributed by atoms with Crippen LogP contribution in [-0.2, 0) is 4.74 Å². The minimum absolute atomic E-state index is 0.191. The molecule has 0 aliphatic carbocycles. The van der Waals surface area contributed by atoms with Crippen LogP contribution in [0.25, 0.3) is 10.1 Å². The summed E-state index contributed by atoms with van der Waals surface area (Å²) in [6.45, 7) is 7.00. The standard InChI is InChI=1S/C15H17ClN2O2S/c1-9(2)8-20-6-5-18-15(19)14-13(17)11-4-3-10(16)7-12(11)21-14/h3-4,7H,1,5-6,8,17H2,2H3,(H,18,19). The number of rotatable bonds is 6. The topological polar surface area (TPSA) is 64.3 Å². The third kappa shape index (κ3) is 3.97. The molecule has 1 aromatic carbocycles. The number of anilines is 1. The fourth-order valence-corrected chi connectivity index (χ4v) is 3.14. The Balaban J connectivity index is 1.99. The van der Waals surface area contributed by atoms with E-state index < -0.39 is 0 Å². The number of ether oxygens (including phenoxy) is 1. The Morgan fingerprint density at radius 3 is 3.00 bits per heavy atom. The molecule has 0 atom stereocenters. The van der Waals surface area contributed by atoms with E-state index in [9.17, 15) is 4.79 Å². The first-order valence-corrected chi connectivity index (χ1v) is 7.66. The van der Waals surface area contributed by atoms with Crippen molar-refractivity contribution in [2.24, 2.45) is 0 Å². The quantitative estimate of drug-likeness (QED) is 0.631. The number of thiophene rings is 1. The number of nitrogen functional groups attached to an aromatic ring is 1. The number of nitrogens with one attached hydrogen (secondary N) is 1. The molecule has 1 heterocycles. The van der Waals surface area contributed by atoms with E-state index in [4.69, 9.17) is 22.1 Å². The molecule has 1 amide bonds. The molecule has 0 aliphatic heterocycles. The summed E-state index contributed by atoms with van der Waals surface area (Å²) >= 11 is 7.28. The normalized spacial score (nSPS) is 10.8. The molecule has 2 aromatic rings. The number of halogens is 1. The monoisotopic (exact) mass is 324 g/mol. The summed E-state index contributed by atoms with van der Waals surface area (Å²) < 4.78 is 6.23. The number of hydrogen-bond acceptors (Lipinski definition) is 4. The van der Waals surface area contributed by atoms with Gasteiger partial charge in [-0.15, -0.1) is 11.3 Å². The average molecular weight is 325 g/mol. The van der Waals surface area contributed by atoms with Crippen LogP contribution in [0.2, 0.25) is 5.02 Å². The highest BCUT2D eigenvalue weighted by atomic mass is 35.5. The summed E-state index contributed by atoms with van der Waals surface area (Å²) in [7, 11) is 0. The van der Waals surface area contributed by atoms with Gasteiger partial charge >= 0.3 is 0 Å². The van der Waals surface area contributed by atoms with Gasteiger partial charge in [0.15, 0.2) is 0 Å². The average Bonchev–Trinajstić information content (AvgIpc) is 2.74. The van der Waals surface area contributed by atoms with Gasteiger partial charge in [-0.05, 0) is 25.1 Å². The highest BCUT2D eigenvalue weighted by Crippen LogP contribution is 2.35. The molecule has 3 N–H and O–H groups in total. The first kappa shape index (κ1) is 15.8. The zero-order valence-electron chi connectivity index (χ0n) is 11.7. The Morgan fingerprint density at radius 2 is 2.29 bits per heavy atom. The van der Waals surface area contributed by atoms with Gasteiger partial charge in [-0.1, -0.05) is 23.8 Å². The fraction of sp³-hybridized carbons (Fsp3) is 0.267. The zero-order chi connectivity index (χ0) is 15.4. The van der Waals surface area contributed by atoms with E-state index in [1.54, 1.807) is 6.07 Å². The molecule has 0 fully saturated rings. The van der Waals surface area contributed by atoms with Crippen LogP contribution in [0, 0.1) is 0 Å². The molecule has 0 saturated carbocycles. The predicted molar refractivity (Wildman–Crippen MR) is 89.2 cm³/mol. The van der Waals surface area contributed by atoms with Gasteiger partial charge in [0, 0.05) is 21.7 Å². The maximum absolute atomic E-state index is 12.1. The minimum Gasteiger partial charge on any atom is -0.397 e. The SMILES string of the molecule is C=C(C)COCCNC(=O)c1sc2cc(Cl)ccc2c1N. The smallest absolute Gasteiger partial charge is 0.263 e. The summed E-state index contributed by atoms with van der Waals surface area (Å²) in [4.78, 5) is 12.6. The second-order valence-electron chi connectivity index (χ2n) is 4.75. The molecule has 0 saturated heterocycles. The molecule has 6 heteroatoms. The van der Waals surface area contributed by atoms with Crippen molar-refractivity contribution in [2.75, 3.05) is 25.5 Å². The van der Waals surface area contributed by atoms with Crippen molar-refractivity contribution >= 4 is 44.6 Å². The molecule has 21 heavy (non-hydrogen) atoms. The van der Waals surface area contributed by atoms with Crippen molar-refractivity contribution in [3.05, 3.63) is 40.3 Å². The van der Waals surface area contributed by atoms with Crippen LogP contribution in [0.4, 0.5) is 5.69 Å². The Hall–Kier alpha value is -1.56. The number of amides is 1. The Labute approximate surface area is 132 Å². The third-order valence-corrected chi connectivity index (χ3v) is 4.18. The summed E-state index contributed by atoms with van der Waals surface area (Å²) in [6, 6.07) is 5.40. The number of hydrogen-bond donors (Lipinski definition) is 2. The molecular weight excluding hydrogens is 308 g/mol. The van der Waals surface area contributed by atoms with Crippen molar-refractivity contribution in [3.63, 3.8) is 0 Å². The Bertz CT molecular complexity index is 682. The summed E-state index contributed by atoms with van der Waals surface area (Å²) in [5, 5.41) is 4.28. The fourth-order valence-electron chi connectivity index (χ4n) is 1.82. The van der Waals surface area contributed by atoms with Crippen LogP contribution in [0.3, 0.4) is 0 Å². The number of carbonyl (C=O) groups excluding carboxylic acids is 1. The first-order chi connectivity index (χ1) is 9.99. The lowest BCUT2D eigenvalue weighted by atomic mass is 10.2. The molecule has 2 rings (SSSR count). The summed E-state index contributed by atoms with van der Waals surface area (Å²) in [5.41, 5.74) is 7.47. The Morgan fingerprint density at radius 1 is 1.52 bits per heavy atom. The first-order valence-electron chi connectivity index (χ1n) is 6.47. The van der Waals surface area contributed by atoms with E-state index >= 15 is 0 Å².